The zero-order valence-corrected chi connectivity index (χ0v) is 22.7. The van der Waals surface area contributed by atoms with Gasteiger partial charge in [-0.05, 0) is 0 Å². The first-order valence-corrected chi connectivity index (χ1v) is 16.6. The highest BCUT2D eigenvalue weighted by atomic mass is 28.5. The molecule has 0 aromatic rings. The second kappa shape index (κ2) is 10.7. The van der Waals surface area contributed by atoms with Crippen molar-refractivity contribution in [3.05, 3.63) is 0 Å². The summed E-state index contributed by atoms with van der Waals surface area (Å²) in [6, 6.07) is 0.955. The van der Waals surface area contributed by atoms with Gasteiger partial charge in [-0.1, -0.05) is 0 Å². The predicted molar refractivity (Wildman–Crippen MR) is 110 cm³/mol. The van der Waals surface area contributed by atoms with E-state index >= 15 is 0 Å². The van der Waals surface area contributed by atoms with Crippen LogP contribution < -0.4 is 0 Å². The Bertz CT molecular complexity index is 411. The van der Waals surface area contributed by atoms with E-state index < -0.39 is 34.7 Å². The molecule has 1 aliphatic rings. The van der Waals surface area contributed by atoms with Crippen molar-refractivity contribution in [1.29, 1.82) is 0 Å². The normalized spacial score (nSPS) is 25.1. The number of hydrogen-bond donors (Lipinski definition) is 0. The zero-order chi connectivity index (χ0) is 21.6. The summed E-state index contributed by atoms with van der Waals surface area (Å²) in [6.45, 7) is 0. The quantitative estimate of drug-likeness (QED) is 0.380. The van der Waals surface area contributed by atoms with Gasteiger partial charge in [0.25, 0.3) is 0 Å². The minimum atomic E-state index is -3.16. The Balaban J connectivity index is 3.68. The maximum atomic E-state index is 6.07. The van der Waals surface area contributed by atoms with Gasteiger partial charge in [0.15, 0.2) is 0 Å². The third kappa shape index (κ3) is 4.13. The predicted octanol–water partition coefficient (Wildman–Crippen LogP) is 1.05. The van der Waals surface area contributed by atoms with E-state index in [4.69, 9.17) is 44.3 Å². The lowest BCUT2D eigenvalue weighted by Gasteiger charge is -2.53. The van der Waals surface area contributed by atoms with E-state index in [0.29, 0.717) is 12.1 Å². The highest BCUT2D eigenvalue weighted by Gasteiger charge is 2.75. The SMILES string of the molecule is CO[Si]1(OC)CC([Si](OC)(OC)OC)[Si](OC)(OC)CC1[Si](OC)(OC)OC. The third-order valence-electron chi connectivity index (χ3n) is 5.98. The van der Waals surface area contributed by atoms with Crippen molar-refractivity contribution >= 4 is 34.7 Å². The van der Waals surface area contributed by atoms with Gasteiger partial charge in [-0.3, -0.25) is 0 Å². The van der Waals surface area contributed by atoms with Gasteiger partial charge in [0.05, 0.1) is 10.3 Å². The molecule has 0 aromatic carbocycles. The van der Waals surface area contributed by atoms with Crippen LogP contribution in [0, 0.1) is 0 Å². The number of hydrogen-bond acceptors (Lipinski definition) is 10. The second-order valence-corrected chi connectivity index (χ2v) is 20.9. The molecule has 2 unspecified atom stereocenters. The Labute approximate surface area is 172 Å². The van der Waals surface area contributed by atoms with Crippen LogP contribution in [0.3, 0.4) is 0 Å². The molecule has 0 N–H and O–H groups in total. The first kappa shape index (κ1) is 26.5. The zero-order valence-electron chi connectivity index (χ0n) is 18.7. The molecule has 0 saturated carbocycles. The van der Waals surface area contributed by atoms with Gasteiger partial charge in [-0.2, -0.15) is 0 Å². The molecule has 0 radical (unpaired) electrons. The van der Waals surface area contributed by atoms with Crippen LogP contribution in [0.1, 0.15) is 0 Å². The maximum Gasteiger partial charge on any atom is 0.505 e. The molecule has 1 aliphatic heterocycles. The van der Waals surface area contributed by atoms with Crippen molar-refractivity contribution in [2.75, 3.05) is 71.1 Å². The van der Waals surface area contributed by atoms with E-state index in [1.165, 1.54) is 0 Å². The fourth-order valence-corrected chi connectivity index (χ4v) is 27.4. The fourth-order valence-electron chi connectivity index (χ4n) is 4.38. The average molecular weight is 477 g/mol. The topological polar surface area (TPSA) is 92.3 Å². The monoisotopic (exact) mass is 476 g/mol. The lowest BCUT2D eigenvalue weighted by Crippen LogP contribution is -2.72. The fraction of sp³-hybridized carbons (Fsp3) is 1.00. The molecular weight excluding hydrogens is 440 g/mol. The Morgan fingerprint density at radius 2 is 0.679 bits per heavy atom. The highest BCUT2D eigenvalue weighted by molar-refractivity contribution is 6.96. The number of rotatable bonds is 12. The summed E-state index contributed by atoms with van der Waals surface area (Å²) in [6.07, 6.45) is 0. The van der Waals surface area contributed by atoms with Crippen LogP contribution in [-0.4, -0.2) is 106 Å². The van der Waals surface area contributed by atoms with Crippen molar-refractivity contribution in [3.8, 4) is 0 Å². The molecule has 168 valence electrons. The van der Waals surface area contributed by atoms with Crippen molar-refractivity contribution < 1.29 is 44.3 Å². The Hall–Kier alpha value is 0.468. The molecule has 2 atom stereocenters. The molecule has 0 amide bonds. The summed E-state index contributed by atoms with van der Waals surface area (Å²) in [7, 11) is 3.85. The van der Waals surface area contributed by atoms with Gasteiger partial charge < -0.3 is 44.3 Å². The van der Waals surface area contributed by atoms with Crippen LogP contribution in [0.4, 0.5) is 0 Å². The molecule has 1 heterocycles. The first-order chi connectivity index (χ1) is 13.3. The van der Waals surface area contributed by atoms with E-state index in [2.05, 4.69) is 0 Å². The Morgan fingerprint density at radius 1 is 0.464 bits per heavy atom. The minimum absolute atomic E-state index is 0.268. The molecule has 1 saturated heterocycles. The molecule has 14 heteroatoms. The van der Waals surface area contributed by atoms with Crippen molar-refractivity contribution in [3.63, 3.8) is 0 Å². The van der Waals surface area contributed by atoms with Gasteiger partial charge >= 0.3 is 34.7 Å². The largest absolute Gasteiger partial charge is 0.505 e. The molecule has 0 spiro atoms. The van der Waals surface area contributed by atoms with Crippen LogP contribution >= 0.6 is 0 Å². The Morgan fingerprint density at radius 3 is 0.821 bits per heavy atom. The van der Waals surface area contributed by atoms with E-state index in [9.17, 15) is 0 Å². The van der Waals surface area contributed by atoms with Crippen molar-refractivity contribution in [2.45, 2.75) is 22.4 Å². The molecule has 10 nitrogen and oxygen atoms in total. The van der Waals surface area contributed by atoms with Gasteiger partial charge in [0, 0.05) is 83.2 Å². The molecular formula is C14H36O10Si4. The van der Waals surface area contributed by atoms with Crippen molar-refractivity contribution in [1.82, 2.24) is 0 Å². The molecule has 0 aliphatic carbocycles. The minimum Gasteiger partial charge on any atom is -0.397 e. The summed E-state index contributed by atoms with van der Waals surface area (Å²) in [5, 5.41) is -0.537. The Kier molecular flexibility index (Phi) is 10.1. The van der Waals surface area contributed by atoms with Crippen LogP contribution in [0.25, 0.3) is 0 Å². The lowest BCUT2D eigenvalue weighted by atomic mass is 10.9. The van der Waals surface area contributed by atoms with Crippen LogP contribution in [0.2, 0.25) is 22.4 Å². The van der Waals surface area contributed by atoms with E-state index in [0.717, 1.165) is 0 Å². The van der Waals surface area contributed by atoms with Crippen LogP contribution in [0.5, 0.6) is 0 Å². The van der Waals surface area contributed by atoms with E-state index in [1.807, 2.05) is 0 Å². The summed E-state index contributed by atoms with van der Waals surface area (Å²) in [5.74, 6) is 0. The second-order valence-electron chi connectivity index (χ2n) is 6.39. The molecule has 1 fully saturated rings. The van der Waals surface area contributed by atoms with Crippen LogP contribution in [0.15, 0.2) is 0 Å². The molecule has 28 heavy (non-hydrogen) atoms. The maximum absolute atomic E-state index is 6.07. The molecule has 0 aromatic heterocycles. The summed E-state index contributed by atoms with van der Waals surface area (Å²) < 4.78 is 59.2. The summed E-state index contributed by atoms with van der Waals surface area (Å²) in [5.41, 5.74) is 0. The smallest absolute Gasteiger partial charge is 0.397 e. The first-order valence-electron chi connectivity index (χ1n) is 8.80. The van der Waals surface area contributed by atoms with Gasteiger partial charge in [-0.25, -0.2) is 0 Å². The standard InChI is InChI=1S/C14H36O10Si4/c1-15-25(16-2)11-14(28(22-8,23-9)24-10)26(17-3,18-4)12-13(25)27(19-5,20-6)21-7/h13-14H,11-12H2,1-10H3. The van der Waals surface area contributed by atoms with Crippen molar-refractivity contribution in [2.24, 2.45) is 0 Å². The van der Waals surface area contributed by atoms with Crippen LogP contribution in [-0.2, 0) is 44.3 Å². The lowest BCUT2D eigenvalue weighted by molar-refractivity contribution is 0.0941. The van der Waals surface area contributed by atoms with Gasteiger partial charge in [-0.15, -0.1) is 0 Å². The third-order valence-corrected chi connectivity index (χ3v) is 25.2. The summed E-state index contributed by atoms with van der Waals surface area (Å²) in [4.78, 5) is 0. The molecule has 0 bridgehead atoms. The molecule has 1 rings (SSSR count). The van der Waals surface area contributed by atoms with E-state index in [-0.39, 0.29) is 10.3 Å². The van der Waals surface area contributed by atoms with Gasteiger partial charge in [0.2, 0.25) is 0 Å². The van der Waals surface area contributed by atoms with Gasteiger partial charge in [0.1, 0.15) is 0 Å². The average Bonchev–Trinajstić information content (AvgIpc) is 2.77. The summed E-state index contributed by atoms with van der Waals surface area (Å²) >= 11 is 0. The highest BCUT2D eigenvalue weighted by Crippen LogP contribution is 2.56. The van der Waals surface area contributed by atoms with E-state index in [1.54, 1.807) is 71.1 Å².